The highest BCUT2D eigenvalue weighted by Gasteiger charge is 2.14. The first-order valence-electron chi connectivity index (χ1n) is 7.27. The molecule has 1 aromatic rings. The smallest absolute Gasteiger partial charge is 0.155 e. The summed E-state index contributed by atoms with van der Waals surface area (Å²) in [5.41, 5.74) is 2.16. The summed E-state index contributed by atoms with van der Waals surface area (Å²) in [5.74, 6) is 1.07. The molecular formula is C17H26O2. The number of hydrogen-bond donors (Lipinski definition) is 0. The zero-order valence-electron chi connectivity index (χ0n) is 12.8. The summed E-state index contributed by atoms with van der Waals surface area (Å²) in [6, 6.07) is 7.86. The molecule has 2 rings (SSSR count). The zero-order chi connectivity index (χ0) is 14.7. The minimum atomic E-state index is 0.182. The first kappa shape index (κ1) is 17.4. The van der Waals surface area contributed by atoms with E-state index in [1.807, 2.05) is 58.9 Å². The van der Waals surface area contributed by atoms with E-state index in [2.05, 4.69) is 0 Å². The Labute approximate surface area is 117 Å². The van der Waals surface area contributed by atoms with E-state index in [-0.39, 0.29) is 5.78 Å². The summed E-state index contributed by atoms with van der Waals surface area (Å²) >= 11 is 0. The van der Waals surface area contributed by atoms with Crippen molar-refractivity contribution < 1.29 is 9.53 Å². The van der Waals surface area contributed by atoms with Crippen LogP contribution in [0.4, 0.5) is 0 Å². The minimum absolute atomic E-state index is 0.182. The molecule has 0 amide bonds. The van der Waals surface area contributed by atoms with Crippen molar-refractivity contribution in [2.45, 2.75) is 47.5 Å². The monoisotopic (exact) mass is 262 g/mol. The molecule has 0 N–H and O–H groups in total. The maximum Gasteiger partial charge on any atom is 0.155 e. The Kier molecular flexibility index (Phi) is 9.51. The second kappa shape index (κ2) is 10.4. The SMILES string of the molecule is CC.CC.CCC(=O)C=C1CCOc2ccccc21. The van der Waals surface area contributed by atoms with Gasteiger partial charge >= 0.3 is 0 Å². The quantitative estimate of drug-likeness (QED) is 0.710. The molecule has 1 aliphatic heterocycles. The van der Waals surface area contributed by atoms with Crippen LogP contribution in [0.1, 0.15) is 53.0 Å². The summed E-state index contributed by atoms with van der Waals surface area (Å²) in [6.07, 6.45) is 3.14. The van der Waals surface area contributed by atoms with Crippen LogP contribution in [-0.2, 0) is 4.79 Å². The molecule has 2 nitrogen and oxygen atoms in total. The van der Waals surface area contributed by atoms with Crippen LogP contribution >= 0.6 is 0 Å². The number of ether oxygens (including phenoxy) is 1. The Balaban J connectivity index is 0.000000741. The van der Waals surface area contributed by atoms with Gasteiger partial charge in [0.2, 0.25) is 0 Å². The summed E-state index contributed by atoms with van der Waals surface area (Å²) in [6.45, 7) is 10.5. The molecule has 0 unspecified atom stereocenters. The average molecular weight is 262 g/mol. The molecule has 0 atom stereocenters. The number of carbonyl (C=O) groups excluding carboxylic acids is 1. The predicted molar refractivity (Wildman–Crippen MR) is 82.5 cm³/mol. The van der Waals surface area contributed by atoms with Gasteiger partial charge in [-0.2, -0.15) is 0 Å². The van der Waals surface area contributed by atoms with E-state index in [4.69, 9.17) is 4.74 Å². The predicted octanol–water partition coefficient (Wildman–Crippen LogP) is 4.88. The van der Waals surface area contributed by atoms with Gasteiger partial charge in [0.05, 0.1) is 6.61 Å². The molecule has 0 aromatic heterocycles. The Morgan fingerprint density at radius 3 is 2.47 bits per heavy atom. The van der Waals surface area contributed by atoms with Crippen molar-refractivity contribution in [3.05, 3.63) is 35.9 Å². The fourth-order valence-electron chi connectivity index (χ4n) is 1.71. The van der Waals surface area contributed by atoms with Gasteiger partial charge in [0, 0.05) is 18.4 Å². The minimum Gasteiger partial charge on any atom is -0.493 e. The lowest BCUT2D eigenvalue weighted by Crippen LogP contribution is -2.08. The van der Waals surface area contributed by atoms with Gasteiger partial charge in [-0.25, -0.2) is 0 Å². The number of rotatable bonds is 2. The molecule has 0 fully saturated rings. The fourth-order valence-corrected chi connectivity index (χ4v) is 1.71. The van der Waals surface area contributed by atoms with E-state index in [9.17, 15) is 4.79 Å². The number of benzene rings is 1. The Hall–Kier alpha value is -1.57. The Morgan fingerprint density at radius 2 is 1.84 bits per heavy atom. The van der Waals surface area contributed by atoms with Crippen molar-refractivity contribution >= 4 is 11.4 Å². The van der Waals surface area contributed by atoms with Gasteiger partial charge in [-0.15, -0.1) is 0 Å². The van der Waals surface area contributed by atoms with Crippen LogP contribution in [0.2, 0.25) is 0 Å². The summed E-state index contributed by atoms with van der Waals surface area (Å²) in [4.78, 5) is 11.4. The van der Waals surface area contributed by atoms with Crippen LogP contribution < -0.4 is 4.74 Å². The van der Waals surface area contributed by atoms with Gasteiger partial charge < -0.3 is 4.74 Å². The molecule has 0 saturated carbocycles. The number of carbonyl (C=O) groups is 1. The van der Waals surface area contributed by atoms with E-state index in [1.165, 1.54) is 0 Å². The molecule has 0 radical (unpaired) electrons. The van der Waals surface area contributed by atoms with Crippen LogP contribution in [0.5, 0.6) is 5.75 Å². The van der Waals surface area contributed by atoms with Crippen LogP contribution in [0.25, 0.3) is 5.57 Å². The molecule has 19 heavy (non-hydrogen) atoms. The lowest BCUT2D eigenvalue weighted by molar-refractivity contribution is -0.114. The number of fused-ring (bicyclic) bond motifs is 1. The van der Waals surface area contributed by atoms with E-state index in [0.717, 1.165) is 23.3 Å². The van der Waals surface area contributed by atoms with E-state index >= 15 is 0 Å². The third-order valence-electron chi connectivity index (χ3n) is 2.55. The average Bonchev–Trinajstić information content (AvgIpc) is 2.51. The van der Waals surface area contributed by atoms with Crippen LogP contribution in [0.3, 0.4) is 0 Å². The maximum absolute atomic E-state index is 11.4. The molecule has 0 spiro atoms. The Bertz CT molecular complexity index is 405. The summed E-state index contributed by atoms with van der Waals surface area (Å²) < 4.78 is 5.52. The highest BCUT2D eigenvalue weighted by atomic mass is 16.5. The highest BCUT2D eigenvalue weighted by Crippen LogP contribution is 2.32. The fraction of sp³-hybridized carbons (Fsp3) is 0.471. The van der Waals surface area contributed by atoms with Crippen molar-refractivity contribution in [3.8, 4) is 5.75 Å². The maximum atomic E-state index is 11.4. The van der Waals surface area contributed by atoms with E-state index in [0.29, 0.717) is 13.0 Å². The van der Waals surface area contributed by atoms with Crippen LogP contribution in [-0.4, -0.2) is 12.4 Å². The summed E-state index contributed by atoms with van der Waals surface area (Å²) in [7, 11) is 0. The largest absolute Gasteiger partial charge is 0.493 e. The molecule has 0 saturated heterocycles. The molecule has 1 aliphatic rings. The third kappa shape index (κ3) is 5.29. The Morgan fingerprint density at radius 1 is 1.21 bits per heavy atom. The van der Waals surface area contributed by atoms with Gasteiger partial charge in [-0.3, -0.25) is 4.79 Å². The second-order valence-electron chi connectivity index (χ2n) is 3.58. The third-order valence-corrected chi connectivity index (χ3v) is 2.55. The van der Waals surface area contributed by atoms with Gasteiger partial charge in [-0.1, -0.05) is 52.8 Å². The van der Waals surface area contributed by atoms with Crippen molar-refractivity contribution in [1.29, 1.82) is 0 Å². The van der Waals surface area contributed by atoms with Crippen molar-refractivity contribution in [1.82, 2.24) is 0 Å². The number of allylic oxidation sites excluding steroid dienone is 1. The first-order chi connectivity index (χ1) is 9.31. The van der Waals surface area contributed by atoms with Crippen LogP contribution in [0.15, 0.2) is 30.3 Å². The second-order valence-corrected chi connectivity index (χ2v) is 3.58. The molecule has 1 heterocycles. The molecule has 0 bridgehead atoms. The number of para-hydroxylation sites is 1. The lowest BCUT2D eigenvalue weighted by atomic mass is 9.98. The zero-order valence-corrected chi connectivity index (χ0v) is 12.8. The van der Waals surface area contributed by atoms with Crippen LogP contribution in [0, 0.1) is 0 Å². The standard InChI is InChI=1S/C13H14O2.2C2H6/c1-2-11(14)9-10-7-8-15-13-6-4-3-5-12(10)13;2*1-2/h3-6,9H,2,7-8H2,1H3;2*1-2H3. The molecule has 0 aliphatic carbocycles. The van der Waals surface area contributed by atoms with Gasteiger partial charge in [0.25, 0.3) is 0 Å². The molecule has 106 valence electrons. The summed E-state index contributed by atoms with van der Waals surface area (Å²) in [5, 5.41) is 0. The lowest BCUT2D eigenvalue weighted by Gasteiger charge is -2.19. The van der Waals surface area contributed by atoms with E-state index < -0.39 is 0 Å². The highest BCUT2D eigenvalue weighted by molar-refractivity contribution is 5.97. The van der Waals surface area contributed by atoms with Crippen molar-refractivity contribution in [3.63, 3.8) is 0 Å². The van der Waals surface area contributed by atoms with Crippen molar-refractivity contribution in [2.75, 3.05) is 6.61 Å². The first-order valence-corrected chi connectivity index (χ1v) is 7.27. The molecule has 2 heteroatoms. The van der Waals surface area contributed by atoms with Crippen molar-refractivity contribution in [2.24, 2.45) is 0 Å². The number of ketones is 1. The molecular weight excluding hydrogens is 236 g/mol. The molecule has 1 aromatic carbocycles. The topological polar surface area (TPSA) is 26.3 Å². The van der Waals surface area contributed by atoms with E-state index in [1.54, 1.807) is 6.08 Å². The van der Waals surface area contributed by atoms with Gasteiger partial charge in [0.15, 0.2) is 5.78 Å². The number of hydrogen-bond acceptors (Lipinski definition) is 2. The van der Waals surface area contributed by atoms with Gasteiger partial charge in [0.1, 0.15) is 5.75 Å². The van der Waals surface area contributed by atoms with Gasteiger partial charge in [-0.05, 0) is 17.7 Å². The normalized spacial score (nSPS) is 14.1.